The SMILES string of the molecule is COC1CCC(NC2CC3CCC2O3)CC1. The van der Waals surface area contributed by atoms with E-state index in [0.717, 1.165) is 0 Å². The fourth-order valence-electron chi connectivity index (χ4n) is 3.58. The van der Waals surface area contributed by atoms with E-state index in [4.69, 9.17) is 9.47 Å². The van der Waals surface area contributed by atoms with Gasteiger partial charge in [0.25, 0.3) is 0 Å². The Morgan fingerprint density at radius 1 is 1.06 bits per heavy atom. The predicted molar refractivity (Wildman–Crippen MR) is 62.5 cm³/mol. The minimum Gasteiger partial charge on any atom is -0.381 e. The van der Waals surface area contributed by atoms with Crippen LogP contribution in [0.25, 0.3) is 0 Å². The quantitative estimate of drug-likeness (QED) is 0.795. The Labute approximate surface area is 97.9 Å². The van der Waals surface area contributed by atoms with Gasteiger partial charge < -0.3 is 14.8 Å². The summed E-state index contributed by atoms with van der Waals surface area (Å²) in [6.07, 6.45) is 10.4. The first-order valence-electron chi connectivity index (χ1n) is 6.79. The van der Waals surface area contributed by atoms with Gasteiger partial charge >= 0.3 is 0 Å². The van der Waals surface area contributed by atoms with E-state index in [1.165, 1.54) is 44.9 Å². The third-order valence-corrected chi connectivity index (χ3v) is 4.56. The van der Waals surface area contributed by atoms with E-state index < -0.39 is 0 Å². The van der Waals surface area contributed by atoms with E-state index in [1.807, 2.05) is 7.11 Å². The molecule has 1 aliphatic carbocycles. The van der Waals surface area contributed by atoms with E-state index in [9.17, 15) is 0 Å². The summed E-state index contributed by atoms with van der Waals surface area (Å²) < 4.78 is 11.3. The summed E-state index contributed by atoms with van der Waals surface area (Å²) in [5, 5.41) is 3.81. The molecular formula is C13H23NO2. The second-order valence-corrected chi connectivity index (χ2v) is 5.59. The second-order valence-electron chi connectivity index (χ2n) is 5.59. The van der Waals surface area contributed by atoms with Crippen LogP contribution in [-0.4, -0.2) is 37.5 Å². The lowest BCUT2D eigenvalue weighted by atomic mass is 9.89. The molecule has 0 radical (unpaired) electrons. The van der Waals surface area contributed by atoms with Crippen LogP contribution in [0.3, 0.4) is 0 Å². The molecule has 0 aromatic heterocycles. The molecule has 3 rings (SSSR count). The van der Waals surface area contributed by atoms with Gasteiger partial charge in [-0.3, -0.25) is 0 Å². The van der Waals surface area contributed by atoms with Crippen LogP contribution < -0.4 is 5.32 Å². The summed E-state index contributed by atoms with van der Waals surface area (Å²) in [5.41, 5.74) is 0. The van der Waals surface area contributed by atoms with Gasteiger partial charge in [0.15, 0.2) is 0 Å². The maximum atomic E-state index is 5.88. The standard InChI is InChI=1S/C13H23NO2/c1-15-10-4-2-9(3-5-10)14-12-8-11-6-7-13(12)16-11/h9-14H,2-8H2,1H3. The van der Waals surface area contributed by atoms with Crippen molar-refractivity contribution >= 4 is 0 Å². The summed E-state index contributed by atoms with van der Waals surface area (Å²) in [6.45, 7) is 0. The summed E-state index contributed by atoms with van der Waals surface area (Å²) in [7, 11) is 1.84. The topological polar surface area (TPSA) is 30.5 Å². The first-order valence-corrected chi connectivity index (χ1v) is 6.79. The zero-order valence-electron chi connectivity index (χ0n) is 10.2. The molecule has 2 aliphatic heterocycles. The molecule has 0 aromatic carbocycles. The van der Waals surface area contributed by atoms with E-state index >= 15 is 0 Å². The smallest absolute Gasteiger partial charge is 0.0733 e. The van der Waals surface area contributed by atoms with Crippen molar-refractivity contribution in [3.8, 4) is 0 Å². The molecule has 2 saturated heterocycles. The lowest BCUT2D eigenvalue weighted by Crippen LogP contribution is -2.45. The van der Waals surface area contributed by atoms with Crippen molar-refractivity contribution in [1.82, 2.24) is 5.32 Å². The van der Waals surface area contributed by atoms with E-state index in [1.54, 1.807) is 0 Å². The molecule has 3 nitrogen and oxygen atoms in total. The third-order valence-electron chi connectivity index (χ3n) is 4.56. The largest absolute Gasteiger partial charge is 0.381 e. The van der Waals surface area contributed by atoms with Crippen molar-refractivity contribution < 1.29 is 9.47 Å². The Hall–Kier alpha value is -0.120. The molecule has 2 heterocycles. The molecule has 92 valence electrons. The molecule has 1 N–H and O–H groups in total. The van der Waals surface area contributed by atoms with Gasteiger partial charge in [0.1, 0.15) is 0 Å². The molecule has 0 spiro atoms. The molecule has 0 amide bonds. The molecule has 3 aliphatic rings. The molecule has 3 unspecified atom stereocenters. The van der Waals surface area contributed by atoms with Gasteiger partial charge in [-0.1, -0.05) is 0 Å². The Morgan fingerprint density at radius 3 is 2.44 bits per heavy atom. The second kappa shape index (κ2) is 4.63. The normalized spacial score (nSPS) is 47.4. The number of hydrogen-bond donors (Lipinski definition) is 1. The molecule has 16 heavy (non-hydrogen) atoms. The van der Waals surface area contributed by atoms with Crippen molar-refractivity contribution in [3.63, 3.8) is 0 Å². The Kier molecular flexibility index (Phi) is 3.18. The summed E-state index contributed by atoms with van der Waals surface area (Å²) in [6, 6.07) is 1.35. The number of rotatable bonds is 3. The Morgan fingerprint density at radius 2 is 1.88 bits per heavy atom. The van der Waals surface area contributed by atoms with Crippen LogP contribution in [0, 0.1) is 0 Å². The number of fused-ring (bicyclic) bond motifs is 2. The van der Waals surface area contributed by atoms with Gasteiger partial charge in [-0.2, -0.15) is 0 Å². The van der Waals surface area contributed by atoms with Crippen molar-refractivity contribution in [2.75, 3.05) is 7.11 Å². The fraction of sp³-hybridized carbons (Fsp3) is 1.00. The van der Waals surface area contributed by atoms with Crippen molar-refractivity contribution in [2.45, 2.75) is 75.3 Å². The van der Waals surface area contributed by atoms with Gasteiger partial charge in [0, 0.05) is 19.2 Å². The number of nitrogens with one attached hydrogen (secondary N) is 1. The van der Waals surface area contributed by atoms with Gasteiger partial charge in [-0.25, -0.2) is 0 Å². The van der Waals surface area contributed by atoms with Crippen LogP contribution in [0.4, 0.5) is 0 Å². The van der Waals surface area contributed by atoms with Crippen LogP contribution >= 0.6 is 0 Å². The summed E-state index contributed by atoms with van der Waals surface area (Å²) in [5.74, 6) is 0. The zero-order chi connectivity index (χ0) is 11.0. The molecule has 3 heteroatoms. The van der Waals surface area contributed by atoms with Crippen molar-refractivity contribution in [2.24, 2.45) is 0 Å². The molecule has 0 aromatic rings. The lowest BCUT2D eigenvalue weighted by molar-refractivity contribution is 0.0577. The number of ether oxygens (including phenoxy) is 2. The zero-order valence-corrected chi connectivity index (χ0v) is 10.2. The highest BCUT2D eigenvalue weighted by Gasteiger charge is 2.41. The highest BCUT2D eigenvalue weighted by Crippen LogP contribution is 2.35. The third kappa shape index (κ3) is 2.13. The number of methoxy groups -OCH3 is 1. The van der Waals surface area contributed by atoms with Crippen LogP contribution in [-0.2, 0) is 9.47 Å². The molecule has 1 saturated carbocycles. The minimum absolute atomic E-state index is 0.509. The maximum absolute atomic E-state index is 5.88. The average molecular weight is 225 g/mol. The van der Waals surface area contributed by atoms with Crippen LogP contribution in [0.2, 0.25) is 0 Å². The maximum Gasteiger partial charge on any atom is 0.0733 e. The highest BCUT2D eigenvalue weighted by molar-refractivity contribution is 4.95. The van der Waals surface area contributed by atoms with Gasteiger partial charge in [-0.15, -0.1) is 0 Å². The van der Waals surface area contributed by atoms with Gasteiger partial charge in [0.05, 0.1) is 18.3 Å². The van der Waals surface area contributed by atoms with Crippen LogP contribution in [0.5, 0.6) is 0 Å². The van der Waals surface area contributed by atoms with E-state index in [0.29, 0.717) is 30.4 Å². The minimum atomic E-state index is 0.509. The molecular weight excluding hydrogens is 202 g/mol. The van der Waals surface area contributed by atoms with Crippen molar-refractivity contribution in [1.29, 1.82) is 0 Å². The Balaban J connectivity index is 1.46. The number of hydrogen-bond acceptors (Lipinski definition) is 3. The molecule has 3 fully saturated rings. The van der Waals surface area contributed by atoms with E-state index in [2.05, 4.69) is 5.32 Å². The monoisotopic (exact) mass is 225 g/mol. The van der Waals surface area contributed by atoms with Gasteiger partial charge in [-0.05, 0) is 44.9 Å². The summed E-state index contributed by atoms with van der Waals surface area (Å²) >= 11 is 0. The van der Waals surface area contributed by atoms with Crippen LogP contribution in [0.1, 0.15) is 44.9 Å². The molecule has 2 bridgehead atoms. The Bertz CT molecular complexity index is 238. The van der Waals surface area contributed by atoms with E-state index in [-0.39, 0.29) is 0 Å². The summed E-state index contributed by atoms with van der Waals surface area (Å²) in [4.78, 5) is 0. The molecule has 3 atom stereocenters. The predicted octanol–water partition coefficient (Wildman–Crippen LogP) is 1.85. The van der Waals surface area contributed by atoms with Crippen molar-refractivity contribution in [3.05, 3.63) is 0 Å². The van der Waals surface area contributed by atoms with Crippen LogP contribution in [0.15, 0.2) is 0 Å². The fourth-order valence-corrected chi connectivity index (χ4v) is 3.58. The first kappa shape index (κ1) is 11.0. The lowest BCUT2D eigenvalue weighted by Gasteiger charge is -2.32. The highest BCUT2D eigenvalue weighted by atomic mass is 16.5. The first-order chi connectivity index (χ1) is 7.85. The average Bonchev–Trinajstić information content (AvgIpc) is 2.92. The van der Waals surface area contributed by atoms with Gasteiger partial charge in [0.2, 0.25) is 0 Å².